The van der Waals surface area contributed by atoms with E-state index in [2.05, 4.69) is 5.32 Å². The molecule has 3 rings (SSSR count). The van der Waals surface area contributed by atoms with Crippen LogP contribution in [0.25, 0.3) is 0 Å². The molecule has 0 saturated carbocycles. The third kappa shape index (κ3) is 3.29. The van der Waals surface area contributed by atoms with Gasteiger partial charge in [-0.1, -0.05) is 54.9 Å². The molecule has 2 aromatic carbocycles. The first kappa shape index (κ1) is 16.5. The number of anilines is 1. The third-order valence-electron chi connectivity index (χ3n) is 4.11. The number of nitrogens with one attached hydrogen (secondary N) is 1. The van der Waals surface area contributed by atoms with E-state index in [1.54, 1.807) is 17.0 Å². The molecule has 0 unspecified atom stereocenters. The maximum absolute atomic E-state index is 12.7. The van der Waals surface area contributed by atoms with Gasteiger partial charge in [0.15, 0.2) is 0 Å². The molecule has 1 atom stereocenters. The lowest BCUT2D eigenvalue weighted by atomic mass is 9.95. The van der Waals surface area contributed by atoms with Crippen molar-refractivity contribution in [2.24, 2.45) is 0 Å². The highest BCUT2D eigenvalue weighted by Crippen LogP contribution is 2.37. The highest BCUT2D eigenvalue weighted by atomic mass is 35.5. The number of amides is 2. The van der Waals surface area contributed by atoms with Gasteiger partial charge in [-0.25, -0.2) is 0 Å². The molecule has 1 aliphatic heterocycles. The maximum Gasteiger partial charge on any atom is 0.244 e. The Morgan fingerprint density at radius 1 is 1.25 bits per heavy atom. The molecule has 0 radical (unpaired) electrons. The second-order valence-electron chi connectivity index (χ2n) is 5.86. The number of halogens is 1. The molecule has 2 aromatic rings. The Morgan fingerprint density at radius 2 is 2.00 bits per heavy atom. The maximum atomic E-state index is 12.7. The molecule has 0 aromatic heterocycles. The average molecular weight is 343 g/mol. The van der Waals surface area contributed by atoms with Gasteiger partial charge in [-0.3, -0.25) is 9.59 Å². The van der Waals surface area contributed by atoms with Gasteiger partial charge in [-0.05, 0) is 24.1 Å². The van der Waals surface area contributed by atoms with Crippen molar-refractivity contribution in [2.45, 2.75) is 25.8 Å². The van der Waals surface area contributed by atoms with E-state index in [-0.39, 0.29) is 24.4 Å². The van der Waals surface area contributed by atoms with E-state index < -0.39 is 0 Å². The molecule has 24 heavy (non-hydrogen) atoms. The Morgan fingerprint density at radius 3 is 2.71 bits per heavy atom. The molecule has 0 aliphatic carbocycles. The minimum absolute atomic E-state index is 0.0238. The molecule has 124 valence electrons. The van der Waals surface area contributed by atoms with Gasteiger partial charge in [0.25, 0.3) is 0 Å². The Balaban J connectivity index is 2.16. The Kier molecular flexibility index (Phi) is 4.86. The van der Waals surface area contributed by atoms with Crippen molar-refractivity contribution in [3.8, 4) is 0 Å². The summed E-state index contributed by atoms with van der Waals surface area (Å²) in [5.41, 5.74) is 2.51. The largest absolute Gasteiger partial charge is 0.324 e. The number of hydrogen-bond donors (Lipinski definition) is 1. The number of nitrogens with zero attached hydrogens (tertiary/aromatic N) is 1. The van der Waals surface area contributed by atoms with Crippen molar-refractivity contribution < 1.29 is 9.59 Å². The number of carbonyl (C=O) groups excluding carboxylic acids is 2. The predicted molar refractivity (Wildman–Crippen MR) is 95.0 cm³/mol. The number of benzene rings is 2. The third-order valence-corrected chi connectivity index (χ3v) is 4.34. The Hall–Kier alpha value is -2.33. The van der Waals surface area contributed by atoms with Gasteiger partial charge in [0, 0.05) is 22.7 Å². The number of fused-ring (bicyclic) bond motifs is 1. The number of rotatable bonds is 3. The first-order valence-corrected chi connectivity index (χ1v) is 8.41. The topological polar surface area (TPSA) is 49.4 Å². The molecule has 5 heteroatoms. The highest BCUT2D eigenvalue weighted by Gasteiger charge is 2.32. The summed E-state index contributed by atoms with van der Waals surface area (Å²) in [5.74, 6) is -0.231. The van der Waals surface area contributed by atoms with Crippen LogP contribution in [0, 0.1) is 0 Å². The summed E-state index contributed by atoms with van der Waals surface area (Å²) in [5, 5.41) is 3.42. The molecule has 1 heterocycles. The zero-order valence-electron chi connectivity index (χ0n) is 13.5. The lowest BCUT2D eigenvalue weighted by Gasteiger charge is -2.30. The van der Waals surface area contributed by atoms with E-state index in [4.69, 9.17) is 11.6 Å². The van der Waals surface area contributed by atoms with Gasteiger partial charge in [-0.2, -0.15) is 0 Å². The van der Waals surface area contributed by atoms with Gasteiger partial charge in [0.2, 0.25) is 11.8 Å². The van der Waals surface area contributed by atoms with E-state index in [1.165, 1.54) is 0 Å². The van der Waals surface area contributed by atoms with Crippen molar-refractivity contribution in [3.63, 3.8) is 0 Å². The fraction of sp³-hybridized carbons (Fsp3) is 0.263. The molecule has 1 aliphatic rings. The van der Waals surface area contributed by atoms with Gasteiger partial charge < -0.3 is 10.2 Å². The van der Waals surface area contributed by atoms with Gasteiger partial charge >= 0.3 is 0 Å². The van der Waals surface area contributed by atoms with Crippen molar-refractivity contribution in [2.75, 3.05) is 11.9 Å². The van der Waals surface area contributed by atoms with E-state index in [0.717, 1.165) is 17.5 Å². The van der Waals surface area contributed by atoms with Crippen LogP contribution in [0.2, 0.25) is 5.02 Å². The molecule has 4 nitrogen and oxygen atoms in total. The highest BCUT2D eigenvalue weighted by molar-refractivity contribution is 6.31. The summed E-state index contributed by atoms with van der Waals surface area (Å²) < 4.78 is 0. The lowest BCUT2D eigenvalue weighted by Crippen LogP contribution is -2.38. The number of carbonyl (C=O) groups is 2. The summed E-state index contributed by atoms with van der Waals surface area (Å²) >= 11 is 6.09. The molecular weight excluding hydrogens is 324 g/mol. The minimum atomic E-state index is -0.309. The van der Waals surface area contributed by atoms with Crippen molar-refractivity contribution >= 4 is 29.1 Å². The monoisotopic (exact) mass is 342 g/mol. The normalized spacial score (nSPS) is 17.0. The second-order valence-corrected chi connectivity index (χ2v) is 6.30. The SMILES string of the molecule is CCCC(=O)N1CC(=O)Nc2cc(Cl)ccc2[C@@H]1c1ccccc1. The summed E-state index contributed by atoms with van der Waals surface area (Å²) in [7, 11) is 0. The predicted octanol–water partition coefficient (Wildman–Crippen LogP) is 4.01. The zero-order chi connectivity index (χ0) is 17.1. The summed E-state index contributed by atoms with van der Waals surface area (Å²) in [6, 6.07) is 14.9. The Labute approximate surface area is 146 Å². The summed E-state index contributed by atoms with van der Waals surface area (Å²) in [6.07, 6.45) is 1.16. The molecule has 0 saturated heterocycles. The minimum Gasteiger partial charge on any atom is -0.324 e. The van der Waals surface area contributed by atoms with Crippen molar-refractivity contribution in [1.29, 1.82) is 0 Å². The van der Waals surface area contributed by atoms with Crippen molar-refractivity contribution in [1.82, 2.24) is 4.90 Å². The van der Waals surface area contributed by atoms with Gasteiger partial charge in [-0.15, -0.1) is 0 Å². The fourth-order valence-electron chi connectivity index (χ4n) is 3.06. The van der Waals surface area contributed by atoms with E-state index in [9.17, 15) is 9.59 Å². The quantitative estimate of drug-likeness (QED) is 0.916. The molecule has 1 N–H and O–H groups in total. The lowest BCUT2D eigenvalue weighted by molar-refractivity contribution is -0.136. The Bertz CT molecular complexity index is 761. The summed E-state index contributed by atoms with van der Waals surface area (Å²) in [4.78, 5) is 26.6. The standard InChI is InChI=1S/C19H19ClN2O2/c1-2-6-18(24)22-12-17(23)21-16-11-14(20)9-10-15(16)19(22)13-7-4-3-5-8-13/h3-5,7-11,19H,2,6,12H2,1H3,(H,21,23)/t19-/m0/s1. The first-order chi connectivity index (χ1) is 11.6. The molecule has 0 spiro atoms. The molecule has 0 bridgehead atoms. The molecular formula is C19H19ClN2O2. The van der Waals surface area contributed by atoms with Crippen LogP contribution in [0.5, 0.6) is 0 Å². The van der Waals surface area contributed by atoms with Crippen LogP contribution < -0.4 is 5.32 Å². The first-order valence-electron chi connectivity index (χ1n) is 8.04. The summed E-state index contributed by atoms with van der Waals surface area (Å²) in [6.45, 7) is 1.99. The van der Waals surface area contributed by atoms with Gasteiger partial charge in [0.05, 0.1) is 6.04 Å². The van der Waals surface area contributed by atoms with E-state index >= 15 is 0 Å². The fourth-order valence-corrected chi connectivity index (χ4v) is 3.24. The van der Waals surface area contributed by atoms with Crippen LogP contribution in [0.15, 0.2) is 48.5 Å². The van der Waals surface area contributed by atoms with E-state index in [0.29, 0.717) is 17.1 Å². The second kappa shape index (κ2) is 7.05. The van der Waals surface area contributed by atoms with Crippen LogP contribution in [0.4, 0.5) is 5.69 Å². The van der Waals surface area contributed by atoms with Crippen LogP contribution in [-0.4, -0.2) is 23.3 Å². The van der Waals surface area contributed by atoms with Crippen LogP contribution in [0.3, 0.4) is 0 Å². The van der Waals surface area contributed by atoms with E-state index in [1.807, 2.05) is 43.3 Å². The van der Waals surface area contributed by atoms with Crippen LogP contribution in [-0.2, 0) is 9.59 Å². The zero-order valence-corrected chi connectivity index (χ0v) is 14.2. The smallest absolute Gasteiger partial charge is 0.244 e. The molecule has 2 amide bonds. The number of hydrogen-bond acceptors (Lipinski definition) is 2. The van der Waals surface area contributed by atoms with Crippen LogP contribution >= 0.6 is 11.6 Å². The van der Waals surface area contributed by atoms with Crippen LogP contribution in [0.1, 0.15) is 36.9 Å². The van der Waals surface area contributed by atoms with Crippen molar-refractivity contribution in [3.05, 3.63) is 64.7 Å². The van der Waals surface area contributed by atoms with Gasteiger partial charge in [0.1, 0.15) is 6.54 Å². The molecule has 0 fully saturated rings. The average Bonchev–Trinajstić information content (AvgIpc) is 2.71.